The molecule has 0 fully saturated rings. The lowest BCUT2D eigenvalue weighted by molar-refractivity contribution is -0.156. The summed E-state index contributed by atoms with van der Waals surface area (Å²) < 4.78 is 33.7. The fourth-order valence-corrected chi connectivity index (χ4v) is 6.38. The van der Waals surface area contributed by atoms with Crippen LogP contribution in [0.4, 0.5) is 0 Å². The lowest BCUT2D eigenvalue weighted by Crippen LogP contribution is -2.51. The third-order valence-electron chi connectivity index (χ3n) is 7.40. The number of hydrogen-bond donors (Lipinski definition) is 3. The highest BCUT2D eigenvalue weighted by atomic mass is 32.2. The molecule has 8 heteroatoms. The molecular weight excluding hydrogens is 480 g/mol. The van der Waals surface area contributed by atoms with E-state index in [2.05, 4.69) is 13.8 Å². The third kappa shape index (κ3) is 15.2. The van der Waals surface area contributed by atoms with Crippen molar-refractivity contribution in [2.24, 2.45) is 5.41 Å². The molecule has 36 heavy (non-hydrogen) atoms. The maximum absolute atomic E-state index is 12.4. The fourth-order valence-electron chi connectivity index (χ4n) is 5.22. The average Bonchev–Trinajstić information content (AvgIpc) is 2.79. The molecule has 0 aliphatic carbocycles. The van der Waals surface area contributed by atoms with Gasteiger partial charge in [-0.2, -0.15) is 8.42 Å². The van der Waals surface area contributed by atoms with E-state index in [4.69, 9.17) is 0 Å². The van der Waals surface area contributed by atoms with Crippen LogP contribution >= 0.6 is 0 Å². The number of hydrogen-bond acceptors (Lipinski definition) is 4. The molecule has 0 radical (unpaired) electrons. The van der Waals surface area contributed by atoms with Crippen LogP contribution in [0.1, 0.15) is 155 Å². The Morgan fingerprint density at radius 2 is 0.861 bits per heavy atom. The Labute approximate surface area is 220 Å². The summed E-state index contributed by atoms with van der Waals surface area (Å²) in [6, 6.07) is 0. The number of carboxylic acids is 2. The van der Waals surface area contributed by atoms with Crippen LogP contribution in [0.15, 0.2) is 0 Å². The van der Waals surface area contributed by atoms with Crippen molar-refractivity contribution in [3.8, 4) is 0 Å². The summed E-state index contributed by atoms with van der Waals surface area (Å²) in [5.41, 5.74) is -2.01. The molecule has 0 aromatic heterocycles. The van der Waals surface area contributed by atoms with E-state index in [9.17, 15) is 32.8 Å². The van der Waals surface area contributed by atoms with Gasteiger partial charge in [0.1, 0.15) is 0 Å². The minimum Gasteiger partial charge on any atom is -0.481 e. The van der Waals surface area contributed by atoms with Crippen LogP contribution in [0.5, 0.6) is 0 Å². The molecule has 3 N–H and O–H groups in total. The van der Waals surface area contributed by atoms with Crippen LogP contribution < -0.4 is 0 Å². The van der Waals surface area contributed by atoms with Crippen molar-refractivity contribution in [2.75, 3.05) is 0 Å². The van der Waals surface area contributed by atoms with E-state index in [0.717, 1.165) is 51.4 Å². The topological polar surface area (TPSA) is 129 Å². The van der Waals surface area contributed by atoms with Crippen molar-refractivity contribution in [1.82, 2.24) is 0 Å². The fraction of sp³-hybridized carbons (Fsp3) is 0.929. The zero-order valence-electron chi connectivity index (χ0n) is 23.0. The van der Waals surface area contributed by atoms with Gasteiger partial charge in [-0.1, -0.05) is 142 Å². The highest BCUT2D eigenvalue weighted by Gasteiger charge is 2.55. The number of aliphatic carboxylic acids is 2. The molecule has 0 bridgehead atoms. The predicted octanol–water partition coefficient (Wildman–Crippen LogP) is 8.02. The number of unbranched alkanes of at least 4 members (excludes halogenated alkanes) is 18. The van der Waals surface area contributed by atoms with Gasteiger partial charge >= 0.3 is 11.9 Å². The molecule has 0 saturated heterocycles. The van der Waals surface area contributed by atoms with Gasteiger partial charge < -0.3 is 10.2 Å². The molecule has 1 atom stereocenters. The summed E-state index contributed by atoms with van der Waals surface area (Å²) in [6.07, 6.45) is 20.6. The molecule has 0 heterocycles. The van der Waals surface area contributed by atoms with E-state index in [0.29, 0.717) is 12.8 Å². The van der Waals surface area contributed by atoms with Gasteiger partial charge in [0.05, 0.1) is 5.41 Å². The molecule has 0 aromatic carbocycles. The molecule has 0 aromatic rings. The molecule has 0 amide bonds. The second kappa shape index (κ2) is 20.9. The Morgan fingerprint density at radius 3 is 1.08 bits per heavy atom. The monoisotopic (exact) mass is 534 g/mol. The summed E-state index contributed by atoms with van der Waals surface area (Å²) >= 11 is 0. The highest BCUT2D eigenvalue weighted by Crippen LogP contribution is 2.39. The summed E-state index contributed by atoms with van der Waals surface area (Å²) in [4.78, 5) is 24.2. The van der Waals surface area contributed by atoms with E-state index in [1.807, 2.05) is 0 Å². The van der Waals surface area contributed by atoms with E-state index in [-0.39, 0.29) is 12.8 Å². The average molecular weight is 535 g/mol. The predicted molar refractivity (Wildman–Crippen MR) is 146 cm³/mol. The Balaban J connectivity index is 4.83. The summed E-state index contributed by atoms with van der Waals surface area (Å²) in [7, 11) is -5.07. The Morgan fingerprint density at radius 1 is 0.583 bits per heavy atom. The molecule has 0 aliphatic rings. The second-order valence-corrected chi connectivity index (χ2v) is 12.1. The van der Waals surface area contributed by atoms with Gasteiger partial charge in [0.2, 0.25) is 0 Å². The van der Waals surface area contributed by atoms with Crippen molar-refractivity contribution < 1.29 is 32.8 Å². The first-order chi connectivity index (χ1) is 17.1. The van der Waals surface area contributed by atoms with Gasteiger partial charge in [0, 0.05) is 0 Å². The molecule has 0 spiro atoms. The van der Waals surface area contributed by atoms with Crippen LogP contribution in [0.2, 0.25) is 0 Å². The van der Waals surface area contributed by atoms with Crippen LogP contribution in [0.3, 0.4) is 0 Å². The minimum atomic E-state index is -5.07. The molecular formula is C28H54O7S. The summed E-state index contributed by atoms with van der Waals surface area (Å²) in [5, 5.41) is 17.3. The summed E-state index contributed by atoms with van der Waals surface area (Å²) in [5.74, 6) is -3.24. The van der Waals surface area contributed by atoms with Gasteiger partial charge in [-0.3, -0.25) is 14.1 Å². The van der Waals surface area contributed by atoms with Gasteiger partial charge in [-0.15, -0.1) is 0 Å². The normalized spacial score (nSPS) is 13.1. The smallest absolute Gasteiger partial charge is 0.325 e. The maximum Gasteiger partial charge on any atom is 0.325 e. The van der Waals surface area contributed by atoms with E-state index in [1.165, 1.54) is 64.2 Å². The van der Waals surface area contributed by atoms with Crippen LogP contribution in [0.25, 0.3) is 0 Å². The maximum atomic E-state index is 12.4. The number of carbonyl (C=O) groups is 2. The van der Waals surface area contributed by atoms with E-state index >= 15 is 0 Å². The van der Waals surface area contributed by atoms with Gasteiger partial charge in [0.15, 0.2) is 5.25 Å². The zero-order valence-corrected chi connectivity index (χ0v) is 23.8. The lowest BCUT2D eigenvalue weighted by atomic mass is 9.74. The van der Waals surface area contributed by atoms with Crippen molar-refractivity contribution >= 4 is 22.1 Å². The Bertz CT molecular complexity index is 651. The number of rotatable bonds is 26. The first kappa shape index (κ1) is 34.9. The van der Waals surface area contributed by atoms with Crippen molar-refractivity contribution in [2.45, 2.75) is 160 Å². The molecule has 214 valence electrons. The first-order valence-corrected chi connectivity index (χ1v) is 16.1. The lowest BCUT2D eigenvalue weighted by Gasteiger charge is -2.33. The van der Waals surface area contributed by atoms with Crippen molar-refractivity contribution in [3.05, 3.63) is 0 Å². The SMILES string of the molecule is CCCCCCCCCCCCC(CCCCCCCCCCCC)(C(=O)O)C(C(=O)O)S(=O)(=O)O. The molecule has 0 rings (SSSR count). The minimum absolute atomic E-state index is 0.0625. The second-order valence-electron chi connectivity index (χ2n) is 10.6. The molecule has 7 nitrogen and oxygen atoms in total. The van der Waals surface area contributed by atoms with Crippen LogP contribution in [-0.4, -0.2) is 40.4 Å². The van der Waals surface area contributed by atoms with Crippen molar-refractivity contribution in [3.63, 3.8) is 0 Å². The van der Waals surface area contributed by atoms with Crippen molar-refractivity contribution in [1.29, 1.82) is 0 Å². The summed E-state index contributed by atoms with van der Waals surface area (Å²) in [6.45, 7) is 4.37. The van der Waals surface area contributed by atoms with E-state index < -0.39 is 32.7 Å². The van der Waals surface area contributed by atoms with Gasteiger partial charge in [0.25, 0.3) is 10.1 Å². The Kier molecular flexibility index (Phi) is 20.2. The van der Waals surface area contributed by atoms with Gasteiger partial charge in [-0.25, -0.2) is 0 Å². The largest absolute Gasteiger partial charge is 0.481 e. The highest BCUT2D eigenvalue weighted by molar-refractivity contribution is 7.87. The molecule has 1 unspecified atom stereocenters. The quantitative estimate of drug-likeness (QED) is 0.0756. The molecule has 0 aliphatic heterocycles. The Hall–Kier alpha value is -1.15. The van der Waals surface area contributed by atoms with Crippen LogP contribution in [0, 0.1) is 5.41 Å². The number of carboxylic acid groups (broad SMARTS) is 2. The first-order valence-electron chi connectivity index (χ1n) is 14.6. The van der Waals surface area contributed by atoms with Gasteiger partial charge in [-0.05, 0) is 12.8 Å². The van der Waals surface area contributed by atoms with Crippen LogP contribution in [-0.2, 0) is 19.7 Å². The zero-order chi connectivity index (χ0) is 27.3. The van der Waals surface area contributed by atoms with E-state index in [1.54, 1.807) is 0 Å². The molecule has 0 saturated carbocycles. The third-order valence-corrected chi connectivity index (χ3v) is 8.65. The standard InChI is InChI=1S/C28H54O7S/c1-3-5-7-9-11-13-15-17-19-21-23-28(27(31)32,25(26(29)30)36(33,34)35)24-22-20-18-16-14-12-10-8-6-4-2/h25H,3-24H2,1-2H3,(H,29,30)(H,31,32)(H,33,34,35).